The van der Waals surface area contributed by atoms with Gasteiger partial charge in [0.25, 0.3) is 0 Å². The van der Waals surface area contributed by atoms with Gasteiger partial charge < -0.3 is 10.2 Å². The lowest BCUT2D eigenvalue weighted by atomic mass is 9.43. The maximum Gasteiger partial charge on any atom is 0.0622 e. The molecule has 0 spiro atoms. The van der Waals surface area contributed by atoms with Crippen LogP contribution in [0.15, 0.2) is 0 Å². The van der Waals surface area contributed by atoms with Gasteiger partial charge in [-0.1, -0.05) is 20.8 Å². The van der Waals surface area contributed by atoms with Gasteiger partial charge in [0.05, 0.1) is 11.2 Å². The zero-order valence-corrected chi connectivity index (χ0v) is 20.1. The van der Waals surface area contributed by atoms with Crippen molar-refractivity contribution < 1.29 is 10.2 Å². The second-order valence-corrected chi connectivity index (χ2v) is 13.4. The molecule has 168 valence electrons. The zero-order valence-electron chi connectivity index (χ0n) is 20.1. The van der Waals surface area contributed by atoms with Gasteiger partial charge in [0.2, 0.25) is 0 Å². The second-order valence-electron chi connectivity index (χ2n) is 13.4. The van der Waals surface area contributed by atoms with E-state index in [1.165, 1.54) is 51.4 Å². The Balaban J connectivity index is 1.49. The maximum atomic E-state index is 10.7. The first-order valence-corrected chi connectivity index (χ1v) is 12.8. The van der Waals surface area contributed by atoms with E-state index >= 15 is 0 Å². The number of hydrogen-bond acceptors (Lipinski definition) is 2. The van der Waals surface area contributed by atoms with Crippen LogP contribution >= 0.6 is 0 Å². The third kappa shape index (κ3) is 3.84. The van der Waals surface area contributed by atoms with E-state index in [9.17, 15) is 10.2 Å². The first-order valence-electron chi connectivity index (χ1n) is 12.8. The van der Waals surface area contributed by atoms with Crippen molar-refractivity contribution in [1.29, 1.82) is 0 Å². The van der Waals surface area contributed by atoms with Crippen molar-refractivity contribution >= 4 is 0 Å². The molecule has 4 aliphatic rings. The van der Waals surface area contributed by atoms with Crippen LogP contribution in [-0.4, -0.2) is 21.4 Å². The number of hydrogen-bond donors (Lipinski definition) is 2. The zero-order chi connectivity index (χ0) is 21.2. The van der Waals surface area contributed by atoms with Crippen molar-refractivity contribution in [3.05, 3.63) is 0 Å². The van der Waals surface area contributed by atoms with Crippen LogP contribution in [0.3, 0.4) is 0 Å². The first-order chi connectivity index (χ1) is 13.4. The molecule has 2 nitrogen and oxygen atoms in total. The summed E-state index contributed by atoms with van der Waals surface area (Å²) in [5.74, 6) is 5.03. The Morgan fingerprint density at radius 1 is 0.897 bits per heavy atom. The van der Waals surface area contributed by atoms with E-state index in [2.05, 4.69) is 27.7 Å². The van der Waals surface area contributed by atoms with Gasteiger partial charge in [0, 0.05) is 0 Å². The highest BCUT2D eigenvalue weighted by atomic mass is 16.3. The van der Waals surface area contributed by atoms with E-state index < -0.39 is 11.2 Å². The minimum atomic E-state index is -0.528. The molecule has 4 saturated carbocycles. The molecule has 3 unspecified atom stereocenters. The Kier molecular flexibility index (Phi) is 5.51. The highest BCUT2D eigenvalue weighted by molar-refractivity contribution is 5.10. The summed E-state index contributed by atoms with van der Waals surface area (Å²) >= 11 is 0. The quantitative estimate of drug-likeness (QED) is 0.555. The molecule has 4 aliphatic carbocycles. The Bertz CT molecular complexity index is 604. The Hall–Kier alpha value is -0.0800. The summed E-state index contributed by atoms with van der Waals surface area (Å²) in [6.07, 6.45) is 13.8. The van der Waals surface area contributed by atoms with E-state index in [0.29, 0.717) is 10.8 Å². The highest BCUT2D eigenvalue weighted by Gasteiger charge is 2.61. The van der Waals surface area contributed by atoms with Gasteiger partial charge >= 0.3 is 0 Å². The molecule has 2 heteroatoms. The molecular weight excluding hydrogens is 356 g/mol. The summed E-state index contributed by atoms with van der Waals surface area (Å²) < 4.78 is 0. The van der Waals surface area contributed by atoms with Crippen LogP contribution in [0.1, 0.15) is 112 Å². The third-order valence-corrected chi connectivity index (χ3v) is 10.9. The first kappa shape index (κ1) is 22.1. The van der Waals surface area contributed by atoms with Gasteiger partial charge in [-0.2, -0.15) is 0 Å². The van der Waals surface area contributed by atoms with Crippen LogP contribution in [0.5, 0.6) is 0 Å². The molecule has 0 amide bonds. The monoisotopic (exact) mass is 404 g/mol. The van der Waals surface area contributed by atoms with E-state index in [0.717, 1.165) is 54.8 Å². The minimum absolute atomic E-state index is 0.422. The summed E-state index contributed by atoms with van der Waals surface area (Å²) in [5.41, 5.74) is 0.0369. The fourth-order valence-electron chi connectivity index (χ4n) is 9.19. The second kappa shape index (κ2) is 7.22. The lowest BCUT2D eigenvalue weighted by molar-refractivity contribution is -0.148. The fourth-order valence-corrected chi connectivity index (χ4v) is 9.19. The summed E-state index contributed by atoms with van der Waals surface area (Å²) in [5, 5.41) is 20.9. The Labute approximate surface area is 180 Å². The molecule has 0 saturated heterocycles. The van der Waals surface area contributed by atoms with Crippen molar-refractivity contribution in [2.45, 2.75) is 123 Å². The average Bonchev–Trinajstić information content (AvgIpc) is 2.97. The van der Waals surface area contributed by atoms with E-state index in [1.54, 1.807) is 0 Å². The number of aliphatic hydroxyl groups is 2. The molecule has 0 aromatic heterocycles. The van der Waals surface area contributed by atoms with Gasteiger partial charge in [-0.3, -0.25) is 0 Å². The van der Waals surface area contributed by atoms with Crippen LogP contribution in [0.4, 0.5) is 0 Å². The molecule has 0 radical (unpaired) electrons. The molecule has 0 aromatic rings. The third-order valence-electron chi connectivity index (χ3n) is 10.9. The summed E-state index contributed by atoms with van der Waals surface area (Å²) in [6, 6.07) is 0. The molecule has 0 heterocycles. The van der Waals surface area contributed by atoms with E-state index in [-0.39, 0.29) is 0 Å². The molecule has 0 aromatic carbocycles. The molecule has 2 N–H and O–H groups in total. The van der Waals surface area contributed by atoms with Crippen molar-refractivity contribution in [3.8, 4) is 0 Å². The summed E-state index contributed by atoms with van der Waals surface area (Å²) in [4.78, 5) is 0. The van der Waals surface area contributed by atoms with Crippen molar-refractivity contribution in [1.82, 2.24) is 0 Å². The highest BCUT2D eigenvalue weighted by Crippen LogP contribution is 2.68. The average molecular weight is 405 g/mol. The van der Waals surface area contributed by atoms with Gasteiger partial charge in [-0.15, -0.1) is 0 Å². The largest absolute Gasteiger partial charge is 0.390 e. The molecule has 0 aliphatic heterocycles. The van der Waals surface area contributed by atoms with E-state index in [1.807, 2.05) is 13.8 Å². The normalized spacial score (nSPS) is 51.1. The molecule has 4 fully saturated rings. The smallest absolute Gasteiger partial charge is 0.0622 e. The molecule has 0 bridgehead atoms. The van der Waals surface area contributed by atoms with Crippen LogP contribution in [0.2, 0.25) is 0 Å². The lowest BCUT2D eigenvalue weighted by Crippen LogP contribution is -2.55. The van der Waals surface area contributed by atoms with Crippen LogP contribution in [0, 0.1) is 46.3 Å². The van der Waals surface area contributed by atoms with Crippen molar-refractivity contribution in [2.24, 2.45) is 46.3 Å². The minimum Gasteiger partial charge on any atom is -0.390 e. The van der Waals surface area contributed by atoms with Crippen LogP contribution < -0.4 is 0 Å². The van der Waals surface area contributed by atoms with Gasteiger partial charge in [0.15, 0.2) is 0 Å². The van der Waals surface area contributed by atoms with Gasteiger partial charge in [-0.05, 0) is 138 Å². The molecular formula is C27H48O2. The van der Waals surface area contributed by atoms with Gasteiger partial charge in [0.1, 0.15) is 0 Å². The lowest BCUT2D eigenvalue weighted by Gasteiger charge is -2.62. The van der Waals surface area contributed by atoms with Gasteiger partial charge in [-0.25, -0.2) is 0 Å². The predicted molar refractivity (Wildman–Crippen MR) is 121 cm³/mol. The fraction of sp³-hybridized carbons (Fsp3) is 1.00. The van der Waals surface area contributed by atoms with Crippen LogP contribution in [-0.2, 0) is 0 Å². The van der Waals surface area contributed by atoms with E-state index in [4.69, 9.17) is 0 Å². The summed E-state index contributed by atoms with van der Waals surface area (Å²) in [6.45, 7) is 13.7. The van der Waals surface area contributed by atoms with Crippen molar-refractivity contribution in [2.75, 3.05) is 0 Å². The molecule has 4 rings (SSSR count). The van der Waals surface area contributed by atoms with Crippen LogP contribution in [0.25, 0.3) is 0 Å². The standard InChI is InChI=1S/C27H48O2/c1-18(11-13-24(2,3)28)21-9-10-22-20-8-7-19-17-25(4,29)15-16-26(19,5)23(20)12-14-27(21,22)6/h18-23,28-29H,7-17H2,1-6H3/t18-,19+,20?,21-,22?,23?,25+,26+,27-/m1/s1. The molecule has 9 atom stereocenters. The SMILES string of the molecule is C[C@H](CCC(C)(C)O)[C@H]1CCC2C3CC[C@H]4C[C@@](C)(O)CC[C@]4(C)C3CC[C@@]21C. The topological polar surface area (TPSA) is 40.5 Å². The Morgan fingerprint density at radius 3 is 2.28 bits per heavy atom. The number of rotatable bonds is 4. The van der Waals surface area contributed by atoms with Crippen molar-refractivity contribution in [3.63, 3.8) is 0 Å². The predicted octanol–water partition coefficient (Wildman–Crippen LogP) is 6.58. The maximum absolute atomic E-state index is 10.7. The Morgan fingerprint density at radius 2 is 1.59 bits per heavy atom. The number of fused-ring (bicyclic) bond motifs is 5. The molecule has 29 heavy (non-hydrogen) atoms. The summed E-state index contributed by atoms with van der Waals surface area (Å²) in [7, 11) is 0.